The molecule has 0 unspecified atom stereocenters. The van der Waals surface area contributed by atoms with Crippen molar-refractivity contribution in [3.8, 4) is 6.07 Å². The van der Waals surface area contributed by atoms with Crippen LogP contribution in [0.25, 0.3) is 0 Å². The quantitative estimate of drug-likeness (QED) is 0.793. The molecule has 2 aromatic rings. The lowest BCUT2D eigenvalue weighted by Crippen LogP contribution is -2.20. The lowest BCUT2D eigenvalue weighted by Gasteiger charge is -2.21. The molecule has 0 saturated carbocycles. The number of ketones is 1. The highest BCUT2D eigenvalue weighted by Crippen LogP contribution is 2.23. The zero-order chi connectivity index (χ0) is 14.5. The van der Waals surface area contributed by atoms with Crippen molar-refractivity contribution in [3.05, 3.63) is 53.6 Å². The maximum Gasteiger partial charge on any atom is 0.161 e. The average molecular weight is 266 g/mol. The molecule has 0 spiro atoms. The predicted octanol–water partition coefficient (Wildman–Crippen LogP) is 2.19. The maximum absolute atomic E-state index is 11.7. The third-order valence-electron chi connectivity index (χ3n) is 2.93. The summed E-state index contributed by atoms with van der Waals surface area (Å²) in [6.07, 6.45) is 4.92. The molecule has 0 amide bonds. The number of nitriles is 1. The smallest absolute Gasteiger partial charge is 0.161 e. The highest BCUT2D eigenvalue weighted by Gasteiger charge is 2.13. The number of rotatable bonds is 4. The Labute approximate surface area is 117 Å². The molecule has 0 atom stereocenters. The van der Waals surface area contributed by atoms with Gasteiger partial charge in [0.15, 0.2) is 5.78 Å². The van der Waals surface area contributed by atoms with Crippen molar-refractivity contribution in [3.63, 3.8) is 0 Å². The molecule has 20 heavy (non-hydrogen) atoms. The van der Waals surface area contributed by atoms with Gasteiger partial charge in [-0.05, 0) is 25.1 Å². The van der Waals surface area contributed by atoms with Crippen molar-refractivity contribution in [1.82, 2.24) is 9.97 Å². The van der Waals surface area contributed by atoms with E-state index in [1.807, 2.05) is 11.9 Å². The Morgan fingerprint density at radius 1 is 1.40 bits per heavy atom. The van der Waals surface area contributed by atoms with Crippen molar-refractivity contribution in [1.29, 1.82) is 5.26 Å². The van der Waals surface area contributed by atoms with Crippen LogP contribution in [0, 0.1) is 11.3 Å². The van der Waals surface area contributed by atoms with Crippen LogP contribution in [0.2, 0.25) is 0 Å². The molecule has 0 aliphatic heterocycles. The lowest BCUT2D eigenvalue weighted by atomic mass is 10.1. The van der Waals surface area contributed by atoms with Gasteiger partial charge in [-0.3, -0.25) is 14.8 Å². The van der Waals surface area contributed by atoms with Crippen molar-refractivity contribution < 1.29 is 4.79 Å². The van der Waals surface area contributed by atoms with Gasteiger partial charge in [0, 0.05) is 30.7 Å². The minimum atomic E-state index is -0.0320. The van der Waals surface area contributed by atoms with Crippen molar-refractivity contribution >= 4 is 11.5 Å². The Morgan fingerprint density at radius 2 is 2.20 bits per heavy atom. The summed E-state index contributed by atoms with van der Waals surface area (Å²) in [5.74, 6) is -0.0320. The first kappa shape index (κ1) is 13.7. The van der Waals surface area contributed by atoms with Crippen LogP contribution in [-0.4, -0.2) is 22.8 Å². The second-order valence-corrected chi connectivity index (χ2v) is 4.45. The Balaban J connectivity index is 2.35. The van der Waals surface area contributed by atoms with Gasteiger partial charge in [-0.1, -0.05) is 0 Å². The average Bonchev–Trinajstić information content (AvgIpc) is 2.47. The van der Waals surface area contributed by atoms with E-state index in [2.05, 4.69) is 16.0 Å². The summed E-state index contributed by atoms with van der Waals surface area (Å²) in [4.78, 5) is 21.8. The molecular formula is C15H14N4O. The van der Waals surface area contributed by atoms with Gasteiger partial charge in [0.05, 0.1) is 30.1 Å². The highest BCUT2D eigenvalue weighted by molar-refractivity contribution is 5.99. The van der Waals surface area contributed by atoms with Gasteiger partial charge >= 0.3 is 0 Å². The number of carbonyl (C=O) groups is 1. The molecule has 0 fully saturated rings. The molecule has 1 aromatic heterocycles. The van der Waals surface area contributed by atoms with Crippen LogP contribution in [0.15, 0.2) is 36.8 Å². The number of Topliss-reactive ketones (excluding diaryl/α,β-unsaturated/α-hetero) is 1. The number of carbonyl (C=O) groups excluding carboxylic acids is 1. The third kappa shape index (κ3) is 2.98. The minimum absolute atomic E-state index is 0.0320. The van der Waals surface area contributed by atoms with Crippen LogP contribution < -0.4 is 4.90 Å². The molecule has 0 saturated heterocycles. The topological polar surface area (TPSA) is 69.9 Å². The zero-order valence-electron chi connectivity index (χ0n) is 11.4. The molecule has 0 N–H and O–H groups in total. The van der Waals surface area contributed by atoms with E-state index in [9.17, 15) is 4.79 Å². The fourth-order valence-electron chi connectivity index (χ4n) is 1.95. The lowest BCUT2D eigenvalue weighted by molar-refractivity contribution is 0.101. The first-order valence-corrected chi connectivity index (χ1v) is 6.13. The third-order valence-corrected chi connectivity index (χ3v) is 2.93. The second-order valence-electron chi connectivity index (χ2n) is 4.45. The minimum Gasteiger partial charge on any atom is -0.368 e. The molecule has 0 bridgehead atoms. The Hall–Kier alpha value is -2.74. The molecule has 0 aliphatic rings. The van der Waals surface area contributed by atoms with Gasteiger partial charge in [0.2, 0.25) is 0 Å². The van der Waals surface area contributed by atoms with Crippen molar-refractivity contribution in [2.24, 2.45) is 0 Å². The molecule has 0 radical (unpaired) electrons. The van der Waals surface area contributed by atoms with Gasteiger partial charge < -0.3 is 4.90 Å². The molecule has 5 heteroatoms. The SMILES string of the molecule is CC(=O)c1ccc(C#N)cc1N(C)Cc1cnccn1. The van der Waals surface area contributed by atoms with Crippen LogP contribution in [0.5, 0.6) is 0 Å². The number of hydrogen-bond acceptors (Lipinski definition) is 5. The van der Waals surface area contributed by atoms with E-state index in [-0.39, 0.29) is 5.78 Å². The van der Waals surface area contributed by atoms with Crippen LogP contribution in [0.4, 0.5) is 5.69 Å². The van der Waals surface area contributed by atoms with Crippen LogP contribution in [-0.2, 0) is 6.54 Å². The summed E-state index contributed by atoms with van der Waals surface area (Å²) in [6, 6.07) is 7.13. The van der Waals surface area contributed by atoms with Gasteiger partial charge in [0.1, 0.15) is 0 Å². The van der Waals surface area contributed by atoms with Crippen molar-refractivity contribution in [2.75, 3.05) is 11.9 Å². The van der Waals surface area contributed by atoms with E-state index in [0.717, 1.165) is 11.4 Å². The summed E-state index contributed by atoms with van der Waals surface area (Å²) in [6.45, 7) is 2.03. The molecule has 100 valence electrons. The van der Waals surface area contributed by atoms with E-state index in [0.29, 0.717) is 17.7 Å². The van der Waals surface area contributed by atoms with Crippen LogP contribution in [0.3, 0.4) is 0 Å². The molecule has 0 aliphatic carbocycles. The van der Waals surface area contributed by atoms with E-state index in [1.165, 1.54) is 6.92 Å². The van der Waals surface area contributed by atoms with Gasteiger partial charge in [-0.15, -0.1) is 0 Å². The predicted molar refractivity (Wildman–Crippen MR) is 75.3 cm³/mol. The van der Waals surface area contributed by atoms with Crippen molar-refractivity contribution in [2.45, 2.75) is 13.5 Å². The standard InChI is InChI=1S/C15H14N4O/c1-11(20)14-4-3-12(8-16)7-15(14)19(2)10-13-9-17-5-6-18-13/h3-7,9H,10H2,1-2H3. The number of benzene rings is 1. The zero-order valence-corrected chi connectivity index (χ0v) is 11.4. The highest BCUT2D eigenvalue weighted by atomic mass is 16.1. The number of hydrogen-bond donors (Lipinski definition) is 0. The fourth-order valence-corrected chi connectivity index (χ4v) is 1.95. The fraction of sp³-hybridized carbons (Fsp3) is 0.200. The molecule has 1 aromatic carbocycles. The second kappa shape index (κ2) is 5.93. The van der Waals surface area contributed by atoms with Gasteiger partial charge in [0.25, 0.3) is 0 Å². The van der Waals surface area contributed by atoms with E-state index in [1.54, 1.807) is 36.8 Å². The Morgan fingerprint density at radius 3 is 2.80 bits per heavy atom. The monoisotopic (exact) mass is 266 g/mol. The normalized spacial score (nSPS) is 9.85. The summed E-state index contributed by atoms with van der Waals surface area (Å²) >= 11 is 0. The summed E-state index contributed by atoms with van der Waals surface area (Å²) in [5.41, 5.74) is 2.64. The van der Waals surface area contributed by atoms with E-state index < -0.39 is 0 Å². The summed E-state index contributed by atoms with van der Waals surface area (Å²) in [5, 5.41) is 8.99. The molecule has 5 nitrogen and oxygen atoms in total. The van der Waals surface area contributed by atoms with E-state index >= 15 is 0 Å². The Bertz CT molecular complexity index is 661. The molecular weight excluding hydrogens is 252 g/mol. The summed E-state index contributed by atoms with van der Waals surface area (Å²) in [7, 11) is 1.86. The first-order valence-electron chi connectivity index (χ1n) is 6.13. The van der Waals surface area contributed by atoms with Gasteiger partial charge in [-0.2, -0.15) is 5.26 Å². The van der Waals surface area contributed by atoms with Crippen LogP contribution >= 0.6 is 0 Å². The van der Waals surface area contributed by atoms with E-state index in [4.69, 9.17) is 5.26 Å². The Kier molecular flexibility index (Phi) is 4.06. The maximum atomic E-state index is 11.7. The number of aromatic nitrogens is 2. The van der Waals surface area contributed by atoms with Gasteiger partial charge in [-0.25, -0.2) is 0 Å². The molecule has 1 heterocycles. The van der Waals surface area contributed by atoms with Crippen LogP contribution in [0.1, 0.15) is 28.5 Å². The first-order chi connectivity index (χ1) is 9.61. The molecule has 2 rings (SSSR count). The number of nitrogens with zero attached hydrogens (tertiary/aromatic N) is 4. The largest absolute Gasteiger partial charge is 0.368 e. The summed E-state index contributed by atoms with van der Waals surface area (Å²) < 4.78 is 0. The number of anilines is 1.